The van der Waals surface area contributed by atoms with Crippen LogP contribution in [0.1, 0.15) is 91.5 Å². The molecule has 5 rings (SSSR count). The molecule has 1 heterocycles. The topological polar surface area (TPSA) is 185 Å². The number of amides is 5. The van der Waals surface area contributed by atoms with Crippen LogP contribution in [0.25, 0.3) is 0 Å². The zero-order chi connectivity index (χ0) is 35.9. The maximum Gasteiger partial charge on any atom is 0.315 e. The number of nitrogens with two attached hydrogens (primary N) is 1. The number of carbonyl (C=O) groups excluding carboxylic acids is 5. The van der Waals surface area contributed by atoms with Crippen LogP contribution in [0.3, 0.4) is 0 Å². The van der Waals surface area contributed by atoms with E-state index in [4.69, 9.17) is 5.73 Å². The molecule has 270 valence electrons. The van der Waals surface area contributed by atoms with Gasteiger partial charge in [0, 0.05) is 6.54 Å². The maximum absolute atomic E-state index is 14.4. The Hall–Kier alpha value is -3.48. The summed E-state index contributed by atoms with van der Waals surface area (Å²) < 4.78 is 26.8. The van der Waals surface area contributed by atoms with Crippen LogP contribution < -0.4 is 21.7 Å². The van der Waals surface area contributed by atoms with E-state index in [2.05, 4.69) is 16.0 Å². The Balaban J connectivity index is 1.33. The number of hydrogen-bond acceptors (Lipinski definition) is 7. The predicted molar refractivity (Wildman–Crippen MR) is 184 cm³/mol. The minimum Gasteiger partial charge on any atom is -0.363 e. The number of hydrogen-bond donors (Lipinski definition) is 4. The normalized spacial score (nSPS) is 25.3. The van der Waals surface area contributed by atoms with E-state index in [-0.39, 0.29) is 34.7 Å². The summed E-state index contributed by atoms with van der Waals surface area (Å²) in [7, 11) is -3.59. The van der Waals surface area contributed by atoms with Gasteiger partial charge in [0.05, 0.1) is 23.1 Å². The predicted octanol–water partition coefficient (Wildman–Crippen LogP) is 2.84. The van der Waals surface area contributed by atoms with Gasteiger partial charge in [-0.05, 0) is 53.4 Å². The minimum atomic E-state index is -3.59. The molecule has 1 aliphatic heterocycles. The molecule has 0 aromatic heterocycles. The van der Waals surface area contributed by atoms with E-state index in [0.717, 1.165) is 32.1 Å². The second-order valence-corrected chi connectivity index (χ2v) is 18.7. The van der Waals surface area contributed by atoms with Gasteiger partial charge in [0.15, 0.2) is 9.84 Å². The van der Waals surface area contributed by atoms with Crippen LogP contribution in [0.2, 0.25) is 0 Å². The second-order valence-electron chi connectivity index (χ2n) is 16.6. The van der Waals surface area contributed by atoms with Crippen LogP contribution in [0, 0.1) is 28.6 Å². The molecule has 1 saturated heterocycles. The van der Waals surface area contributed by atoms with Gasteiger partial charge in [0.2, 0.25) is 17.6 Å². The number of fused-ring (bicyclic) bond motifs is 1. The summed E-state index contributed by atoms with van der Waals surface area (Å²) in [4.78, 5) is 68.1. The molecule has 0 bridgehead atoms. The molecule has 49 heavy (non-hydrogen) atoms. The van der Waals surface area contributed by atoms with Crippen molar-refractivity contribution in [2.75, 3.05) is 12.3 Å². The Morgan fingerprint density at radius 1 is 0.980 bits per heavy atom. The number of primary amides is 1. The number of nitrogens with one attached hydrogen (secondary N) is 3. The van der Waals surface area contributed by atoms with Gasteiger partial charge in [-0.25, -0.2) is 13.2 Å². The van der Waals surface area contributed by atoms with Crippen molar-refractivity contribution in [2.24, 2.45) is 34.3 Å². The summed E-state index contributed by atoms with van der Waals surface area (Å²) in [6, 6.07) is 5.34. The first kappa shape index (κ1) is 36.8. The lowest BCUT2D eigenvalue weighted by Crippen LogP contribution is -2.64. The van der Waals surface area contributed by atoms with Crippen LogP contribution in [0.15, 0.2) is 30.3 Å². The molecule has 2 unspecified atom stereocenters. The summed E-state index contributed by atoms with van der Waals surface area (Å²) >= 11 is 0. The molecule has 13 heteroatoms. The second kappa shape index (κ2) is 13.7. The molecule has 4 fully saturated rings. The van der Waals surface area contributed by atoms with E-state index in [0.29, 0.717) is 31.4 Å². The highest BCUT2D eigenvalue weighted by atomic mass is 32.2. The lowest BCUT2D eigenvalue weighted by atomic mass is 9.83. The SMILES string of the molecule is CC(C)(C)[C@H](NC(=O)NC1(CS(=O)(=O)Cc2ccccc2)CCCCC1)C(=O)N1CC2[C@@H]([C@H]1C(=O)NC(CC1CC1)C(=O)C(N)=O)C2(C)C. The van der Waals surface area contributed by atoms with Crippen molar-refractivity contribution in [3.8, 4) is 0 Å². The van der Waals surface area contributed by atoms with E-state index < -0.39 is 68.5 Å². The standard InChI is InChI=1S/C36H53N5O7S/c1-34(2,3)29(39-33(46)40-36(16-10-7-11-17-36)21-49(47,48)20-23-12-8-6-9-13-23)32(45)41-19-24-26(35(24,4)5)27(41)31(44)38-25(18-22-14-15-22)28(42)30(37)43/h6,8-9,12-13,22,24-27,29H,7,10-11,14-21H2,1-5H3,(H2,37,43)(H,38,44)(H2,39,40,46)/t24?,25?,26-,27-,29+/m0/s1. The van der Waals surface area contributed by atoms with Crippen LogP contribution >= 0.6 is 0 Å². The molecular formula is C36H53N5O7S. The minimum absolute atomic E-state index is 0.0516. The summed E-state index contributed by atoms with van der Waals surface area (Å²) in [6.07, 6.45) is 5.62. The molecule has 5 N–H and O–H groups in total. The molecule has 5 atom stereocenters. The van der Waals surface area contributed by atoms with Crippen molar-refractivity contribution in [2.45, 2.75) is 115 Å². The van der Waals surface area contributed by atoms with E-state index >= 15 is 0 Å². The first-order chi connectivity index (χ1) is 22.8. The molecule has 5 amide bonds. The third-order valence-electron chi connectivity index (χ3n) is 11.2. The molecule has 0 spiro atoms. The molecule has 1 aromatic carbocycles. The smallest absolute Gasteiger partial charge is 0.315 e. The number of nitrogens with zero attached hydrogens (tertiary/aromatic N) is 1. The van der Waals surface area contributed by atoms with Gasteiger partial charge in [-0.3, -0.25) is 19.2 Å². The van der Waals surface area contributed by atoms with Gasteiger partial charge in [-0.15, -0.1) is 0 Å². The zero-order valence-electron chi connectivity index (χ0n) is 29.4. The van der Waals surface area contributed by atoms with Crippen LogP contribution in [0.5, 0.6) is 0 Å². The molecule has 4 aliphatic rings. The number of urea groups is 1. The fourth-order valence-electron chi connectivity index (χ4n) is 8.22. The van der Waals surface area contributed by atoms with E-state index in [1.54, 1.807) is 24.3 Å². The monoisotopic (exact) mass is 699 g/mol. The van der Waals surface area contributed by atoms with Crippen molar-refractivity contribution in [3.63, 3.8) is 0 Å². The van der Waals surface area contributed by atoms with E-state index in [9.17, 15) is 32.4 Å². The first-order valence-corrected chi connectivity index (χ1v) is 19.4. The van der Waals surface area contributed by atoms with Gasteiger partial charge >= 0.3 is 6.03 Å². The highest BCUT2D eigenvalue weighted by molar-refractivity contribution is 7.90. The van der Waals surface area contributed by atoms with Crippen LogP contribution in [-0.4, -0.2) is 78.8 Å². The molecule has 3 saturated carbocycles. The summed E-state index contributed by atoms with van der Waals surface area (Å²) in [5.41, 5.74) is 4.03. The summed E-state index contributed by atoms with van der Waals surface area (Å²) in [5.74, 6) is -3.12. The van der Waals surface area contributed by atoms with Gasteiger partial charge in [-0.1, -0.05) is 97.1 Å². The lowest BCUT2D eigenvalue weighted by molar-refractivity contribution is -0.145. The average Bonchev–Trinajstić information content (AvgIpc) is 3.86. The van der Waals surface area contributed by atoms with Crippen molar-refractivity contribution in [1.29, 1.82) is 0 Å². The van der Waals surface area contributed by atoms with Gasteiger partial charge in [-0.2, -0.15) is 0 Å². The van der Waals surface area contributed by atoms with Crippen molar-refractivity contribution in [1.82, 2.24) is 20.9 Å². The Bertz CT molecular complexity index is 1560. The summed E-state index contributed by atoms with van der Waals surface area (Å²) in [5, 5.41) is 8.64. The van der Waals surface area contributed by atoms with E-state index in [1.165, 1.54) is 4.90 Å². The van der Waals surface area contributed by atoms with Crippen LogP contribution in [0.4, 0.5) is 4.79 Å². The molecule has 3 aliphatic carbocycles. The summed E-state index contributed by atoms with van der Waals surface area (Å²) in [6.45, 7) is 9.87. The molecular weight excluding hydrogens is 646 g/mol. The third kappa shape index (κ3) is 8.46. The Morgan fingerprint density at radius 2 is 1.61 bits per heavy atom. The lowest BCUT2D eigenvalue weighted by Gasteiger charge is -2.40. The fourth-order valence-corrected chi connectivity index (χ4v) is 10.2. The van der Waals surface area contributed by atoms with Crippen LogP contribution in [-0.2, 0) is 34.8 Å². The highest BCUT2D eigenvalue weighted by Gasteiger charge is 2.70. The van der Waals surface area contributed by atoms with Gasteiger partial charge < -0.3 is 26.6 Å². The largest absolute Gasteiger partial charge is 0.363 e. The zero-order valence-corrected chi connectivity index (χ0v) is 30.2. The maximum atomic E-state index is 14.4. The van der Waals surface area contributed by atoms with Crippen molar-refractivity contribution < 1.29 is 32.4 Å². The molecule has 0 radical (unpaired) electrons. The fraction of sp³-hybridized carbons (Fsp3) is 0.694. The highest BCUT2D eigenvalue weighted by Crippen LogP contribution is 2.65. The van der Waals surface area contributed by atoms with E-state index in [1.807, 2.05) is 40.7 Å². The number of rotatable bonds is 13. The quantitative estimate of drug-likeness (QED) is 0.228. The number of likely N-dealkylation sites (tertiary alicyclic amines) is 1. The molecule has 1 aromatic rings. The number of piperidine rings is 1. The van der Waals surface area contributed by atoms with Gasteiger partial charge in [0.1, 0.15) is 12.1 Å². The molecule has 12 nitrogen and oxygen atoms in total. The average molecular weight is 700 g/mol. The third-order valence-corrected chi connectivity index (χ3v) is 13.0. The number of sulfone groups is 1. The van der Waals surface area contributed by atoms with Crippen molar-refractivity contribution >= 4 is 39.4 Å². The first-order valence-electron chi connectivity index (χ1n) is 17.6. The Labute approximate surface area is 290 Å². The van der Waals surface area contributed by atoms with Crippen molar-refractivity contribution in [3.05, 3.63) is 35.9 Å². The number of benzene rings is 1. The number of carbonyl (C=O) groups is 5. The van der Waals surface area contributed by atoms with Gasteiger partial charge in [0.25, 0.3) is 5.91 Å². The number of Topliss-reactive ketones (excluding diaryl/α,β-unsaturated/α-hetero) is 1. The Morgan fingerprint density at radius 3 is 2.18 bits per heavy atom. The number of ketones is 1. The Kier molecular flexibility index (Phi) is 10.3.